The molecule has 0 amide bonds. The van der Waals surface area contributed by atoms with E-state index in [1.165, 1.54) is 0 Å². The number of hydrogen-bond donors (Lipinski definition) is 1. The van der Waals surface area contributed by atoms with Crippen LogP contribution in [0, 0.1) is 6.92 Å². The maximum atomic E-state index is 12.4. The summed E-state index contributed by atoms with van der Waals surface area (Å²) in [5.74, 6) is 0.104. The highest BCUT2D eigenvalue weighted by Gasteiger charge is 2.16. The predicted molar refractivity (Wildman–Crippen MR) is 79.5 cm³/mol. The number of hydrogen-bond acceptors (Lipinski definition) is 3. The van der Waals surface area contributed by atoms with Crippen LogP contribution in [-0.4, -0.2) is 12.9 Å². The van der Waals surface area contributed by atoms with Gasteiger partial charge in [0.1, 0.15) is 0 Å². The number of hydroxylamine groups is 1. The maximum Gasteiger partial charge on any atom is 0.164 e. The van der Waals surface area contributed by atoms with Gasteiger partial charge < -0.3 is 4.84 Å². The summed E-state index contributed by atoms with van der Waals surface area (Å²) >= 11 is 0. The number of benzene rings is 2. The first kappa shape index (κ1) is 14.4. The van der Waals surface area contributed by atoms with Gasteiger partial charge in [-0.25, -0.2) is 0 Å². The quantitative estimate of drug-likeness (QED) is 0.644. The molecule has 0 spiro atoms. The van der Waals surface area contributed by atoms with Gasteiger partial charge in [0, 0.05) is 12.0 Å². The van der Waals surface area contributed by atoms with Crippen LogP contribution in [0.5, 0.6) is 0 Å². The summed E-state index contributed by atoms with van der Waals surface area (Å²) < 4.78 is 0. The average molecular weight is 269 g/mol. The molecule has 0 fully saturated rings. The zero-order valence-corrected chi connectivity index (χ0v) is 11.8. The second-order valence-electron chi connectivity index (χ2n) is 4.78. The second kappa shape index (κ2) is 6.98. The van der Waals surface area contributed by atoms with Crippen molar-refractivity contribution in [2.75, 3.05) is 7.11 Å². The van der Waals surface area contributed by atoms with Crippen LogP contribution >= 0.6 is 0 Å². The molecule has 0 aromatic heterocycles. The Morgan fingerprint density at radius 3 is 2.55 bits per heavy atom. The third-order valence-electron chi connectivity index (χ3n) is 3.19. The van der Waals surface area contributed by atoms with E-state index >= 15 is 0 Å². The zero-order valence-electron chi connectivity index (χ0n) is 11.8. The van der Waals surface area contributed by atoms with Crippen molar-refractivity contribution in [3.63, 3.8) is 0 Å². The molecule has 20 heavy (non-hydrogen) atoms. The summed E-state index contributed by atoms with van der Waals surface area (Å²) in [6, 6.07) is 17.3. The molecule has 1 atom stereocenters. The van der Waals surface area contributed by atoms with E-state index in [0.717, 1.165) is 16.7 Å². The van der Waals surface area contributed by atoms with E-state index in [4.69, 9.17) is 4.84 Å². The van der Waals surface area contributed by atoms with Crippen LogP contribution in [0.25, 0.3) is 0 Å². The van der Waals surface area contributed by atoms with Crippen LogP contribution in [0.2, 0.25) is 0 Å². The van der Waals surface area contributed by atoms with Gasteiger partial charge in [-0.1, -0.05) is 54.1 Å². The van der Waals surface area contributed by atoms with E-state index in [0.29, 0.717) is 6.42 Å². The molecule has 0 aliphatic rings. The molecule has 0 unspecified atom stereocenters. The molecular weight excluding hydrogens is 250 g/mol. The first-order chi connectivity index (χ1) is 9.70. The highest BCUT2D eigenvalue weighted by Crippen LogP contribution is 2.19. The lowest BCUT2D eigenvalue weighted by atomic mass is 9.98. The van der Waals surface area contributed by atoms with E-state index in [2.05, 4.69) is 5.48 Å². The Balaban J connectivity index is 2.14. The maximum absolute atomic E-state index is 12.4. The van der Waals surface area contributed by atoms with Crippen molar-refractivity contribution in [3.8, 4) is 0 Å². The average Bonchev–Trinajstić information content (AvgIpc) is 2.47. The molecule has 0 aliphatic heterocycles. The van der Waals surface area contributed by atoms with Gasteiger partial charge in [-0.15, -0.1) is 0 Å². The molecule has 0 saturated carbocycles. The Labute approximate surface area is 119 Å². The lowest BCUT2D eigenvalue weighted by Gasteiger charge is -2.17. The number of Topliss-reactive ketones (excluding diaryl/α,β-unsaturated/α-hetero) is 1. The Kier molecular flexibility index (Phi) is 5.04. The lowest BCUT2D eigenvalue weighted by Crippen LogP contribution is -2.23. The van der Waals surface area contributed by atoms with E-state index in [1.807, 2.05) is 61.5 Å². The van der Waals surface area contributed by atoms with Crippen LogP contribution in [-0.2, 0) is 4.84 Å². The minimum atomic E-state index is -0.144. The van der Waals surface area contributed by atoms with Crippen molar-refractivity contribution in [1.29, 1.82) is 0 Å². The molecule has 2 rings (SSSR count). The third kappa shape index (κ3) is 3.76. The molecule has 1 N–H and O–H groups in total. The van der Waals surface area contributed by atoms with E-state index in [1.54, 1.807) is 7.11 Å². The van der Waals surface area contributed by atoms with Gasteiger partial charge in [-0.05, 0) is 18.6 Å². The van der Waals surface area contributed by atoms with Crippen LogP contribution in [0.3, 0.4) is 0 Å². The molecule has 0 bridgehead atoms. The fraction of sp³-hybridized carbons (Fsp3) is 0.235. The number of aryl methyl sites for hydroxylation is 1. The Morgan fingerprint density at radius 2 is 1.90 bits per heavy atom. The van der Waals surface area contributed by atoms with Crippen molar-refractivity contribution in [1.82, 2.24) is 5.48 Å². The normalized spacial score (nSPS) is 12.1. The standard InChI is InChI=1S/C17H19NO2/c1-13-7-6-10-15(11-13)17(19)12-16(18-20-2)14-8-4-3-5-9-14/h3-11,16,18H,12H2,1-2H3/t16-/m0/s1. The first-order valence-corrected chi connectivity index (χ1v) is 6.64. The van der Waals surface area contributed by atoms with Crippen molar-refractivity contribution in [3.05, 3.63) is 71.3 Å². The molecule has 3 heteroatoms. The van der Waals surface area contributed by atoms with Crippen molar-refractivity contribution < 1.29 is 9.63 Å². The van der Waals surface area contributed by atoms with Gasteiger partial charge in [0.05, 0.1) is 13.2 Å². The van der Waals surface area contributed by atoms with Crippen molar-refractivity contribution >= 4 is 5.78 Å². The summed E-state index contributed by atoms with van der Waals surface area (Å²) in [6.07, 6.45) is 0.362. The Bertz CT molecular complexity index is 566. The van der Waals surface area contributed by atoms with E-state index in [-0.39, 0.29) is 11.8 Å². The van der Waals surface area contributed by atoms with Gasteiger partial charge in [0.25, 0.3) is 0 Å². The SMILES string of the molecule is CON[C@@H](CC(=O)c1cccc(C)c1)c1ccccc1. The van der Waals surface area contributed by atoms with Crippen molar-refractivity contribution in [2.24, 2.45) is 0 Å². The van der Waals surface area contributed by atoms with Crippen LogP contribution < -0.4 is 5.48 Å². The number of rotatable bonds is 6. The molecule has 0 aliphatic carbocycles. The monoisotopic (exact) mass is 269 g/mol. The Hall–Kier alpha value is -1.97. The van der Waals surface area contributed by atoms with E-state index in [9.17, 15) is 4.79 Å². The third-order valence-corrected chi connectivity index (χ3v) is 3.19. The molecule has 0 saturated heterocycles. The fourth-order valence-corrected chi connectivity index (χ4v) is 2.18. The second-order valence-corrected chi connectivity index (χ2v) is 4.78. The summed E-state index contributed by atoms with van der Waals surface area (Å²) in [6.45, 7) is 1.98. The molecule has 0 radical (unpaired) electrons. The summed E-state index contributed by atoms with van der Waals surface area (Å²) in [4.78, 5) is 17.4. The minimum Gasteiger partial charge on any atom is -0.305 e. The summed E-state index contributed by atoms with van der Waals surface area (Å²) in [7, 11) is 1.56. The first-order valence-electron chi connectivity index (χ1n) is 6.64. The smallest absolute Gasteiger partial charge is 0.164 e. The number of carbonyl (C=O) groups is 1. The van der Waals surface area contributed by atoms with E-state index < -0.39 is 0 Å². The molecule has 2 aromatic rings. The van der Waals surface area contributed by atoms with Crippen LogP contribution in [0.1, 0.15) is 33.9 Å². The molecule has 3 nitrogen and oxygen atoms in total. The highest BCUT2D eigenvalue weighted by atomic mass is 16.6. The fourth-order valence-electron chi connectivity index (χ4n) is 2.18. The molecule has 0 heterocycles. The minimum absolute atomic E-state index is 0.104. The number of carbonyl (C=O) groups excluding carboxylic acids is 1. The number of nitrogens with one attached hydrogen (secondary N) is 1. The number of ketones is 1. The topological polar surface area (TPSA) is 38.3 Å². The summed E-state index contributed by atoms with van der Waals surface area (Å²) in [5.41, 5.74) is 5.76. The van der Waals surface area contributed by atoms with Gasteiger partial charge in [0.15, 0.2) is 5.78 Å². The van der Waals surface area contributed by atoms with Crippen LogP contribution in [0.4, 0.5) is 0 Å². The largest absolute Gasteiger partial charge is 0.305 e. The predicted octanol–water partition coefficient (Wildman–Crippen LogP) is 3.46. The molecule has 104 valence electrons. The van der Waals surface area contributed by atoms with Gasteiger partial charge in [-0.2, -0.15) is 5.48 Å². The molecular formula is C17H19NO2. The summed E-state index contributed by atoms with van der Waals surface area (Å²) in [5, 5.41) is 0. The van der Waals surface area contributed by atoms with Crippen LogP contribution in [0.15, 0.2) is 54.6 Å². The van der Waals surface area contributed by atoms with Gasteiger partial charge in [0.2, 0.25) is 0 Å². The van der Waals surface area contributed by atoms with Gasteiger partial charge >= 0.3 is 0 Å². The molecule has 2 aromatic carbocycles. The Morgan fingerprint density at radius 1 is 1.15 bits per heavy atom. The highest BCUT2D eigenvalue weighted by molar-refractivity contribution is 5.96. The zero-order chi connectivity index (χ0) is 14.4. The van der Waals surface area contributed by atoms with Crippen molar-refractivity contribution in [2.45, 2.75) is 19.4 Å². The van der Waals surface area contributed by atoms with Gasteiger partial charge in [-0.3, -0.25) is 4.79 Å². The lowest BCUT2D eigenvalue weighted by molar-refractivity contribution is 0.0545.